The first kappa shape index (κ1) is 28.3. The minimum Gasteiger partial charge on any atom is -0.459 e. The van der Waals surface area contributed by atoms with Crippen molar-refractivity contribution in [1.29, 1.82) is 0 Å². The van der Waals surface area contributed by atoms with E-state index in [-0.39, 0.29) is 18.0 Å². The highest BCUT2D eigenvalue weighted by atomic mass is 16.5. The number of aryl methyl sites for hydroxylation is 3. The number of rotatable bonds is 8. The summed E-state index contributed by atoms with van der Waals surface area (Å²) in [6.45, 7) is 16.2. The number of para-hydroxylation sites is 1. The molecule has 0 fully saturated rings. The summed E-state index contributed by atoms with van der Waals surface area (Å²) in [6.07, 6.45) is -0.211. The number of benzene rings is 4. The number of nitrogens with one attached hydrogen (secondary N) is 1. The van der Waals surface area contributed by atoms with Gasteiger partial charge in [-0.15, -0.1) is 0 Å². The van der Waals surface area contributed by atoms with Crippen molar-refractivity contribution < 1.29 is 14.3 Å². The van der Waals surface area contributed by atoms with E-state index in [1.807, 2.05) is 38.1 Å². The van der Waals surface area contributed by atoms with Crippen molar-refractivity contribution in [2.75, 3.05) is 23.3 Å². The summed E-state index contributed by atoms with van der Waals surface area (Å²) in [4.78, 5) is 15.6. The SMILES string of the molecule is CCN(CC)c1ccc2c(c1)Oc1cc(C)c(Nc3c(C)cccc3C)cc1C2c1ccccc1C(=O)OC(C)C. The Bertz CT molecular complexity index is 1570. The van der Waals surface area contributed by atoms with Crippen molar-refractivity contribution in [3.63, 3.8) is 0 Å². The summed E-state index contributed by atoms with van der Waals surface area (Å²) in [5.74, 6) is 1.09. The van der Waals surface area contributed by atoms with Crippen LogP contribution in [0.2, 0.25) is 0 Å². The normalized spacial score (nSPS) is 13.7. The van der Waals surface area contributed by atoms with E-state index in [1.165, 1.54) is 11.1 Å². The van der Waals surface area contributed by atoms with E-state index in [0.29, 0.717) is 5.56 Å². The number of hydrogen-bond donors (Lipinski definition) is 1. The molecule has 1 N–H and O–H groups in total. The average molecular weight is 549 g/mol. The number of carbonyl (C=O) groups is 1. The molecule has 1 unspecified atom stereocenters. The Balaban J connectivity index is 1.70. The van der Waals surface area contributed by atoms with E-state index in [4.69, 9.17) is 9.47 Å². The summed E-state index contributed by atoms with van der Waals surface area (Å²) in [6, 6.07) is 24.9. The fourth-order valence-corrected chi connectivity index (χ4v) is 5.76. The molecule has 5 heteroatoms. The summed E-state index contributed by atoms with van der Waals surface area (Å²) in [5, 5.41) is 3.70. The van der Waals surface area contributed by atoms with Crippen LogP contribution in [-0.4, -0.2) is 25.2 Å². The first-order chi connectivity index (χ1) is 19.7. The van der Waals surface area contributed by atoms with Crippen LogP contribution >= 0.6 is 0 Å². The second-order valence-electron chi connectivity index (χ2n) is 11.1. The van der Waals surface area contributed by atoms with Gasteiger partial charge < -0.3 is 19.7 Å². The molecule has 0 amide bonds. The van der Waals surface area contributed by atoms with Crippen molar-refractivity contribution >= 4 is 23.0 Å². The lowest BCUT2D eigenvalue weighted by molar-refractivity contribution is 0.0376. The standard InChI is InChI=1S/C36H40N2O3/c1-8-38(9-2)26-17-18-29-33(20-26)41-32-19-25(7)31(37-35-23(5)13-12-14-24(35)6)21-30(32)34(29)27-15-10-11-16-28(27)36(39)40-22(3)4/h10-22,34,37H,8-9H2,1-7H3. The van der Waals surface area contributed by atoms with Gasteiger partial charge in [-0.1, -0.05) is 42.5 Å². The van der Waals surface area contributed by atoms with Crippen LogP contribution in [0.5, 0.6) is 11.5 Å². The van der Waals surface area contributed by atoms with E-state index in [1.54, 1.807) is 0 Å². The van der Waals surface area contributed by atoms with E-state index in [9.17, 15) is 4.79 Å². The van der Waals surface area contributed by atoms with Crippen LogP contribution in [0.25, 0.3) is 0 Å². The summed E-state index contributed by atoms with van der Waals surface area (Å²) < 4.78 is 12.3. The molecule has 1 aliphatic rings. The molecule has 1 atom stereocenters. The van der Waals surface area contributed by atoms with Crippen LogP contribution in [0, 0.1) is 20.8 Å². The van der Waals surface area contributed by atoms with Crippen LogP contribution in [0.1, 0.15) is 77.4 Å². The average Bonchev–Trinajstić information content (AvgIpc) is 2.94. The van der Waals surface area contributed by atoms with Gasteiger partial charge in [0.05, 0.1) is 11.7 Å². The lowest BCUT2D eigenvalue weighted by Crippen LogP contribution is -2.22. The highest BCUT2D eigenvalue weighted by Crippen LogP contribution is 2.50. The third-order valence-electron chi connectivity index (χ3n) is 7.90. The number of ether oxygens (including phenoxy) is 2. The maximum Gasteiger partial charge on any atom is 0.338 e. The molecule has 212 valence electrons. The molecular weight excluding hydrogens is 508 g/mol. The van der Waals surface area contributed by atoms with Crippen LogP contribution < -0.4 is 15.0 Å². The number of hydrogen-bond acceptors (Lipinski definition) is 5. The lowest BCUT2D eigenvalue weighted by Gasteiger charge is -2.32. The molecule has 1 heterocycles. The molecule has 5 nitrogen and oxygen atoms in total. The molecule has 0 aliphatic carbocycles. The predicted molar refractivity (Wildman–Crippen MR) is 168 cm³/mol. The Labute approximate surface area is 244 Å². The maximum absolute atomic E-state index is 13.3. The molecule has 0 saturated heterocycles. The van der Waals surface area contributed by atoms with Gasteiger partial charge in [0.1, 0.15) is 11.5 Å². The van der Waals surface area contributed by atoms with Gasteiger partial charge in [-0.05, 0) is 95.0 Å². The van der Waals surface area contributed by atoms with Gasteiger partial charge >= 0.3 is 5.97 Å². The predicted octanol–water partition coefficient (Wildman–Crippen LogP) is 9.05. The van der Waals surface area contributed by atoms with Crippen molar-refractivity contribution in [1.82, 2.24) is 0 Å². The molecule has 1 aliphatic heterocycles. The van der Waals surface area contributed by atoms with E-state index in [0.717, 1.165) is 63.9 Å². The Morgan fingerprint density at radius 2 is 1.51 bits per heavy atom. The smallest absolute Gasteiger partial charge is 0.338 e. The minimum absolute atomic E-state index is 0.211. The van der Waals surface area contributed by atoms with Gasteiger partial charge in [0.15, 0.2) is 0 Å². The minimum atomic E-state index is -0.314. The summed E-state index contributed by atoms with van der Waals surface area (Å²) >= 11 is 0. The molecule has 0 radical (unpaired) electrons. The second-order valence-corrected chi connectivity index (χ2v) is 11.1. The zero-order valence-corrected chi connectivity index (χ0v) is 25.2. The fourth-order valence-electron chi connectivity index (χ4n) is 5.76. The number of fused-ring (bicyclic) bond motifs is 2. The maximum atomic E-state index is 13.3. The third-order valence-corrected chi connectivity index (χ3v) is 7.90. The molecule has 0 saturated carbocycles. The zero-order valence-electron chi connectivity index (χ0n) is 25.2. The van der Waals surface area contributed by atoms with Gasteiger partial charge in [0.2, 0.25) is 0 Å². The Morgan fingerprint density at radius 1 is 0.829 bits per heavy atom. The molecule has 5 rings (SSSR count). The zero-order chi connectivity index (χ0) is 29.3. The number of anilines is 3. The van der Waals surface area contributed by atoms with E-state index >= 15 is 0 Å². The Hall–Kier alpha value is -4.25. The number of nitrogens with zero attached hydrogens (tertiary/aromatic N) is 1. The van der Waals surface area contributed by atoms with Gasteiger partial charge in [0.25, 0.3) is 0 Å². The van der Waals surface area contributed by atoms with Crippen molar-refractivity contribution in [2.45, 2.75) is 60.5 Å². The van der Waals surface area contributed by atoms with Crippen LogP contribution in [0.15, 0.2) is 72.8 Å². The van der Waals surface area contributed by atoms with Gasteiger partial charge in [-0.25, -0.2) is 4.79 Å². The topological polar surface area (TPSA) is 50.8 Å². The number of esters is 1. The van der Waals surface area contributed by atoms with Crippen LogP contribution in [0.4, 0.5) is 17.1 Å². The summed E-state index contributed by atoms with van der Waals surface area (Å²) in [5.41, 5.74) is 10.2. The Kier molecular flexibility index (Phi) is 8.07. The first-order valence-corrected chi connectivity index (χ1v) is 14.6. The van der Waals surface area contributed by atoms with Crippen LogP contribution in [0.3, 0.4) is 0 Å². The highest BCUT2D eigenvalue weighted by Gasteiger charge is 2.33. The molecule has 4 aromatic carbocycles. The van der Waals surface area contributed by atoms with Gasteiger partial charge in [-0.2, -0.15) is 0 Å². The molecule has 4 aromatic rings. The Morgan fingerprint density at radius 3 is 2.20 bits per heavy atom. The quantitative estimate of drug-likeness (QED) is 0.196. The summed E-state index contributed by atoms with van der Waals surface area (Å²) in [7, 11) is 0. The van der Waals surface area contributed by atoms with E-state index in [2.05, 4.69) is 93.4 Å². The largest absolute Gasteiger partial charge is 0.459 e. The first-order valence-electron chi connectivity index (χ1n) is 14.6. The molecule has 0 spiro atoms. The van der Waals surface area contributed by atoms with Crippen molar-refractivity contribution in [3.05, 3.63) is 112 Å². The second kappa shape index (κ2) is 11.7. The molecule has 41 heavy (non-hydrogen) atoms. The molecular formula is C36H40N2O3. The third kappa shape index (κ3) is 5.54. The molecule has 0 aromatic heterocycles. The fraction of sp³-hybridized carbons (Fsp3) is 0.306. The molecule has 0 bridgehead atoms. The van der Waals surface area contributed by atoms with Crippen LogP contribution in [-0.2, 0) is 4.74 Å². The highest BCUT2D eigenvalue weighted by molar-refractivity contribution is 5.92. The monoisotopic (exact) mass is 548 g/mol. The van der Waals surface area contributed by atoms with Gasteiger partial charge in [0, 0.05) is 53.3 Å². The van der Waals surface area contributed by atoms with Crippen molar-refractivity contribution in [2.24, 2.45) is 0 Å². The number of carbonyl (C=O) groups excluding carboxylic acids is 1. The van der Waals surface area contributed by atoms with Gasteiger partial charge in [-0.3, -0.25) is 0 Å². The lowest BCUT2D eigenvalue weighted by atomic mass is 9.80. The van der Waals surface area contributed by atoms with E-state index < -0.39 is 0 Å². The van der Waals surface area contributed by atoms with Crippen molar-refractivity contribution in [3.8, 4) is 11.5 Å².